The Morgan fingerprint density at radius 2 is 1.78 bits per heavy atom. The predicted molar refractivity (Wildman–Crippen MR) is 120 cm³/mol. The molecule has 0 unspecified atom stereocenters. The summed E-state index contributed by atoms with van der Waals surface area (Å²) >= 11 is 0. The van der Waals surface area contributed by atoms with Crippen LogP contribution >= 0.6 is 0 Å². The van der Waals surface area contributed by atoms with Gasteiger partial charge < -0.3 is 10.1 Å². The molecular weight excluding hydrogens is 411 g/mol. The van der Waals surface area contributed by atoms with Crippen molar-refractivity contribution >= 4 is 22.4 Å². The van der Waals surface area contributed by atoms with Crippen LogP contribution in [-0.4, -0.2) is 20.7 Å². The van der Waals surface area contributed by atoms with Gasteiger partial charge in [-0.2, -0.15) is 5.10 Å². The summed E-state index contributed by atoms with van der Waals surface area (Å²) < 4.78 is 19.9. The molecular formula is C24H21FN4O3. The minimum absolute atomic E-state index is 0.160. The summed E-state index contributed by atoms with van der Waals surface area (Å²) in [7, 11) is 0. The van der Waals surface area contributed by atoms with E-state index in [1.54, 1.807) is 36.4 Å². The van der Waals surface area contributed by atoms with Crippen molar-refractivity contribution in [1.29, 1.82) is 0 Å². The molecule has 7 nitrogen and oxygen atoms in total. The van der Waals surface area contributed by atoms with E-state index >= 15 is 0 Å². The summed E-state index contributed by atoms with van der Waals surface area (Å²) in [6, 6.07) is 15.7. The summed E-state index contributed by atoms with van der Waals surface area (Å²) in [4.78, 5) is 29.9. The summed E-state index contributed by atoms with van der Waals surface area (Å²) in [5, 5.41) is 8.02. The molecule has 4 rings (SSSR count). The van der Waals surface area contributed by atoms with Crippen molar-refractivity contribution < 1.29 is 13.9 Å². The van der Waals surface area contributed by atoms with Gasteiger partial charge in [-0.05, 0) is 42.3 Å². The van der Waals surface area contributed by atoms with Crippen LogP contribution in [0.4, 0.5) is 10.1 Å². The zero-order chi connectivity index (χ0) is 22.7. The third kappa shape index (κ3) is 4.64. The van der Waals surface area contributed by atoms with Gasteiger partial charge >= 0.3 is 0 Å². The number of carbonyl (C=O) groups is 1. The Morgan fingerprint density at radius 3 is 2.44 bits per heavy atom. The van der Waals surface area contributed by atoms with Gasteiger partial charge in [0.05, 0.1) is 17.3 Å². The number of hydrogen-bond acceptors (Lipinski definition) is 5. The van der Waals surface area contributed by atoms with Crippen molar-refractivity contribution in [3.63, 3.8) is 0 Å². The quantitative estimate of drug-likeness (QED) is 0.480. The van der Waals surface area contributed by atoms with E-state index in [4.69, 9.17) is 4.74 Å². The lowest BCUT2D eigenvalue weighted by Crippen LogP contribution is -2.29. The van der Waals surface area contributed by atoms with Gasteiger partial charge in [-0.15, -0.1) is 0 Å². The number of fused-ring (bicyclic) bond motifs is 1. The number of rotatable bonds is 6. The van der Waals surface area contributed by atoms with Crippen LogP contribution in [0.15, 0.2) is 71.7 Å². The molecule has 0 spiro atoms. The third-order valence-corrected chi connectivity index (χ3v) is 4.65. The van der Waals surface area contributed by atoms with Crippen LogP contribution in [0.3, 0.4) is 0 Å². The van der Waals surface area contributed by atoms with Crippen LogP contribution < -0.4 is 15.6 Å². The van der Waals surface area contributed by atoms with E-state index in [1.807, 2.05) is 13.8 Å². The highest BCUT2D eigenvalue weighted by atomic mass is 19.1. The van der Waals surface area contributed by atoms with Crippen molar-refractivity contribution in [2.24, 2.45) is 5.92 Å². The van der Waals surface area contributed by atoms with E-state index in [2.05, 4.69) is 15.4 Å². The normalized spacial score (nSPS) is 11.0. The fraction of sp³-hybridized carbons (Fsp3) is 0.167. The number of hydrogen-bond donors (Lipinski definition) is 1. The number of benzene rings is 2. The first-order valence-corrected chi connectivity index (χ1v) is 10.1. The average molecular weight is 432 g/mol. The summed E-state index contributed by atoms with van der Waals surface area (Å²) in [6.45, 7) is 4.36. The van der Waals surface area contributed by atoms with Crippen molar-refractivity contribution in [1.82, 2.24) is 14.8 Å². The maximum absolute atomic E-state index is 13.0. The molecule has 32 heavy (non-hydrogen) atoms. The van der Waals surface area contributed by atoms with Gasteiger partial charge in [0.25, 0.3) is 11.5 Å². The molecule has 2 aromatic carbocycles. The Bertz CT molecular complexity index is 1320. The summed E-state index contributed by atoms with van der Waals surface area (Å²) in [5.74, 6) is 0.120. The molecule has 0 fully saturated rings. The number of nitrogens with one attached hydrogen (secondary N) is 1. The lowest BCUT2D eigenvalue weighted by molar-refractivity contribution is 0.102. The van der Waals surface area contributed by atoms with Crippen LogP contribution in [0.2, 0.25) is 0 Å². The number of aromatic nitrogens is 3. The van der Waals surface area contributed by atoms with Gasteiger partial charge in [0.2, 0.25) is 5.88 Å². The smallest absolute Gasteiger partial charge is 0.276 e. The van der Waals surface area contributed by atoms with Crippen molar-refractivity contribution in [2.75, 3.05) is 5.32 Å². The Kier molecular flexibility index (Phi) is 5.93. The van der Waals surface area contributed by atoms with Gasteiger partial charge in [0.15, 0.2) is 5.69 Å². The van der Waals surface area contributed by atoms with Crippen LogP contribution in [0, 0.1) is 11.7 Å². The lowest BCUT2D eigenvalue weighted by atomic mass is 10.1. The molecule has 8 heteroatoms. The second-order valence-electron chi connectivity index (χ2n) is 7.67. The number of ether oxygens (including phenoxy) is 1. The zero-order valence-corrected chi connectivity index (χ0v) is 17.6. The highest BCUT2D eigenvalue weighted by Gasteiger charge is 2.17. The number of carbonyl (C=O) groups excluding carboxylic acids is 1. The SMILES string of the molecule is CC(C)Cn1nc(C(=O)Nc2ccc(Oc3ccc(F)cc3)nc2)c2ccccc2c1=O. The van der Waals surface area contributed by atoms with Crippen molar-refractivity contribution in [2.45, 2.75) is 20.4 Å². The van der Waals surface area contributed by atoms with Crippen LogP contribution in [0.5, 0.6) is 11.6 Å². The number of pyridine rings is 1. The monoisotopic (exact) mass is 432 g/mol. The molecule has 1 N–H and O–H groups in total. The van der Waals surface area contributed by atoms with E-state index in [9.17, 15) is 14.0 Å². The molecule has 2 aromatic heterocycles. The van der Waals surface area contributed by atoms with Gasteiger partial charge in [-0.1, -0.05) is 32.0 Å². The van der Waals surface area contributed by atoms with Gasteiger partial charge in [0.1, 0.15) is 11.6 Å². The van der Waals surface area contributed by atoms with E-state index in [-0.39, 0.29) is 23.0 Å². The first kappa shape index (κ1) is 21.2. The van der Waals surface area contributed by atoms with Gasteiger partial charge in [-0.25, -0.2) is 14.1 Å². The highest BCUT2D eigenvalue weighted by molar-refractivity contribution is 6.11. The molecule has 4 aromatic rings. The first-order chi connectivity index (χ1) is 15.4. The minimum Gasteiger partial charge on any atom is -0.439 e. The molecule has 0 aliphatic carbocycles. The second-order valence-corrected chi connectivity index (χ2v) is 7.67. The Morgan fingerprint density at radius 1 is 1.06 bits per heavy atom. The van der Waals surface area contributed by atoms with Gasteiger partial charge in [-0.3, -0.25) is 9.59 Å². The number of anilines is 1. The average Bonchev–Trinajstić information content (AvgIpc) is 2.78. The van der Waals surface area contributed by atoms with E-state index in [0.717, 1.165) is 0 Å². The van der Waals surface area contributed by atoms with Crippen LogP contribution in [0.25, 0.3) is 10.8 Å². The molecule has 0 atom stereocenters. The molecule has 0 aliphatic heterocycles. The second kappa shape index (κ2) is 8.97. The molecule has 0 bridgehead atoms. The first-order valence-electron chi connectivity index (χ1n) is 10.1. The Balaban J connectivity index is 1.57. The number of amides is 1. The lowest BCUT2D eigenvalue weighted by Gasteiger charge is -2.13. The standard InChI is InChI=1S/C24H21FN4O3/c1-15(2)14-29-24(31)20-6-4-3-5-19(20)22(28-29)23(30)27-17-9-12-21(26-13-17)32-18-10-7-16(25)8-11-18/h3-13,15H,14H2,1-2H3,(H,27,30). The molecule has 162 valence electrons. The van der Waals surface area contributed by atoms with E-state index in [0.29, 0.717) is 34.6 Å². The van der Waals surface area contributed by atoms with E-state index < -0.39 is 5.91 Å². The Labute approximate surface area is 183 Å². The number of halogens is 1. The molecule has 1 amide bonds. The van der Waals surface area contributed by atoms with E-state index in [1.165, 1.54) is 35.1 Å². The van der Waals surface area contributed by atoms with Gasteiger partial charge in [0, 0.05) is 18.0 Å². The highest BCUT2D eigenvalue weighted by Crippen LogP contribution is 2.21. The third-order valence-electron chi connectivity index (χ3n) is 4.65. The van der Waals surface area contributed by atoms with Crippen molar-refractivity contribution in [3.05, 3.63) is 88.7 Å². The zero-order valence-electron chi connectivity index (χ0n) is 17.6. The topological polar surface area (TPSA) is 86.1 Å². The molecule has 2 heterocycles. The van der Waals surface area contributed by atoms with Crippen LogP contribution in [-0.2, 0) is 6.54 Å². The van der Waals surface area contributed by atoms with Crippen LogP contribution in [0.1, 0.15) is 24.3 Å². The fourth-order valence-corrected chi connectivity index (χ4v) is 3.20. The fourth-order valence-electron chi connectivity index (χ4n) is 3.20. The maximum atomic E-state index is 13.0. The molecule has 0 saturated heterocycles. The molecule has 0 saturated carbocycles. The molecule has 0 radical (unpaired) electrons. The summed E-state index contributed by atoms with van der Waals surface area (Å²) in [5.41, 5.74) is 0.372. The maximum Gasteiger partial charge on any atom is 0.276 e. The largest absolute Gasteiger partial charge is 0.439 e. The molecule has 0 aliphatic rings. The minimum atomic E-state index is -0.451. The Hall–Kier alpha value is -4.07. The van der Waals surface area contributed by atoms with Crippen molar-refractivity contribution in [3.8, 4) is 11.6 Å². The number of nitrogens with zero attached hydrogens (tertiary/aromatic N) is 3. The summed E-state index contributed by atoms with van der Waals surface area (Å²) in [6.07, 6.45) is 1.45. The predicted octanol–water partition coefficient (Wildman–Crippen LogP) is 4.63.